The van der Waals surface area contributed by atoms with E-state index in [1.165, 1.54) is 0 Å². The normalized spacial score (nSPS) is 20.3. The lowest BCUT2D eigenvalue weighted by molar-refractivity contribution is -0.299. The number of nitrogens with one attached hydrogen (secondary N) is 7. The maximum absolute atomic E-state index is 13.3. The molecule has 0 aliphatic carbocycles. The van der Waals surface area contributed by atoms with Crippen LogP contribution >= 0.6 is 0 Å². The number of nitrogens with zero attached hydrogens (tertiary/aromatic N) is 6. The lowest BCUT2D eigenvalue weighted by atomic mass is 9.82. The molecule has 6 aromatic carbocycles. The van der Waals surface area contributed by atoms with Crippen molar-refractivity contribution < 1.29 is 130 Å². The highest BCUT2D eigenvalue weighted by Crippen LogP contribution is 2.48. The Morgan fingerprint density at radius 2 is 0.669 bits per heavy atom. The molecule has 39 nitrogen and oxygen atoms in total. The van der Waals surface area contributed by atoms with E-state index in [0.717, 1.165) is 56.1 Å². The van der Waals surface area contributed by atoms with Crippen LogP contribution in [0.5, 0.6) is 0 Å². The van der Waals surface area contributed by atoms with Crippen LogP contribution in [0.3, 0.4) is 0 Å². The van der Waals surface area contributed by atoms with Gasteiger partial charge in [0.1, 0.15) is 97.8 Å². The number of carboxylic acids is 1. The summed E-state index contributed by atoms with van der Waals surface area (Å²) in [5.74, 6) is -4.13. The molecule has 39 heteroatoms. The molecule has 4 amide bonds. The highest BCUT2D eigenvalue weighted by atomic mass is 16.7. The molecule has 0 saturated carbocycles. The van der Waals surface area contributed by atoms with E-state index >= 15 is 0 Å². The van der Waals surface area contributed by atoms with E-state index in [2.05, 4.69) is 67.1 Å². The highest BCUT2D eigenvalue weighted by molar-refractivity contribution is 5.94. The minimum atomic E-state index is -2.05. The van der Waals surface area contributed by atoms with Gasteiger partial charge in [-0.15, -0.1) is 0 Å². The zero-order valence-electron chi connectivity index (χ0n) is 80.7. The van der Waals surface area contributed by atoms with Crippen LogP contribution < -0.4 is 37.2 Å². The third-order valence-corrected chi connectivity index (χ3v) is 25.1. The number of pyridine rings is 6. The Kier molecular flexibility index (Phi) is 44.3. The highest BCUT2D eigenvalue weighted by Gasteiger charge is 2.49. The molecular weight excluding hydrogens is 1910 g/mol. The Morgan fingerprint density at radius 3 is 1.02 bits per heavy atom. The number of rotatable bonds is 49. The molecule has 14 rings (SSSR count). The lowest BCUT2D eigenvalue weighted by Crippen LogP contribution is -2.60. The number of para-hydroxylation sites is 3. The number of carboxylic acid groups (broad SMARTS) is 1. The number of aliphatic hydroxyl groups is 16. The Morgan fingerprint density at radius 1 is 0.338 bits per heavy atom. The lowest BCUT2D eigenvalue weighted by Gasteiger charge is -2.39. The van der Waals surface area contributed by atoms with Crippen molar-refractivity contribution in [3.05, 3.63) is 361 Å². The SMILES string of the molecule is O=C(CCCCCCCCCCNC(=O)[C@H](O)[C@H](O)[C@@H](O)[C@H](O)[C@H](O)CO)Nc1ccccc1[C@@H](Nc1ccccn1)[C@H](c1ccccn1)C(O)c1ccccc1.O=C(CO[C@@H]1O[C@H](C(=O)O)[C@@H](O)[C@H](O)[C@H]1O)Nc1ccccc1[C@@H](Nc1ccccn1)[C@H](c1ccccn1)[C@H](O)c1ccccc1.O=C(CO[C@@H]1O[C@H](CO)[C@@H](O)[C@H](O)[C@H]1O)Nc1ccccc1[C@@H](Nc1ccccn1)[C@H](c1ccccn1)[C@H](O)c1ccccc1. The standard InChI is InChI=1S/C43H57N5O9.C33H34N4O9.C33H36N4O8/c49-28-33(50)39(53)40(54)41(55)42(56)43(57)46-27-15-6-4-2-1-3-5-10-24-35(51)47-31-21-12-11-20-30(31)37(48-34-23-14-17-26-45-34)36(32-22-13-16-25-44-32)38(52)29-18-8-7-9-19-29;38-24(18-45-33-30(42)28(40)29(41)31(46-33)32(43)44)36-21-13-5-4-12-20(21)26(37-23-15-7-9-17-35-23)25(22-14-6-8-16-34-22)27(39)19-10-2-1-3-11-19;38-18-24-30(41)31(42)32(43)33(45-24)44-19-26(39)36-22-13-5-4-12-21(22)28(37-25-15-7-9-17-35-25)27(23-14-6-8-16-34-23)29(40)20-10-2-1-3-11-20/h7-9,11-14,16-23,25-26,33,36-42,49-50,52-56H,1-6,10,15,24,27-28H2,(H,45,48)(H,46,57)(H,47,51);1-17,25-31,33,39-42H,18H2,(H,35,37)(H,36,38)(H,43,44);1-17,24,27-33,38,40-43H,18-19H2,(H,35,37)(H,36,39)/t33-,36+,37-,38?,39-,40+,41-,42-;25-,26+,27+,28-,29-,30+,31-,33+;24-,27+,28-,29-,30-,31+,32-,33-/m101/s1. The molecule has 148 heavy (non-hydrogen) atoms. The second-order valence-corrected chi connectivity index (χ2v) is 35.4. The summed E-state index contributed by atoms with van der Waals surface area (Å²) in [6, 6.07) is 80.4. The molecule has 784 valence electrons. The van der Waals surface area contributed by atoms with Gasteiger partial charge in [-0.1, -0.05) is 221 Å². The van der Waals surface area contributed by atoms with E-state index in [1.807, 2.05) is 200 Å². The van der Waals surface area contributed by atoms with Crippen molar-refractivity contribution in [1.29, 1.82) is 0 Å². The van der Waals surface area contributed by atoms with Gasteiger partial charge in [0, 0.05) is 84.3 Å². The average molecular weight is 2040 g/mol. The Labute approximate surface area is 854 Å². The summed E-state index contributed by atoms with van der Waals surface area (Å²) in [7, 11) is 0. The fourth-order valence-electron chi connectivity index (χ4n) is 17.4. The molecule has 24 N–H and O–H groups in total. The molecule has 8 heterocycles. The van der Waals surface area contributed by atoms with Crippen LogP contribution in [0.1, 0.15) is 162 Å². The van der Waals surface area contributed by atoms with Crippen molar-refractivity contribution in [3.8, 4) is 0 Å². The van der Waals surface area contributed by atoms with E-state index in [4.69, 9.17) is 24.1 Å². The van der Waals surface area contributed by atoms with E-state index in [9.17, 15) is 106 Å². The summed E-state index contributed by atoms with van der Waals surface area (Å²) in [4.78, 5) is 90.4. The van der Waals surface area contributed by atoms with Gasteiger partial charge in [-0.25, -0.2) is 19.7 Å². The Bertz CT molecular complexity index is 5970. The zero-order chi connectivity index (χ0) is 105. The monoisotopic (exact) mass is 2030 g/mol. The molecule has 2 fully saturated rings. The second kappa shape index (κ2) is 58.1. The van der Waals surface area contributed by atoms with Crippen molar-refractivity contribution in [2.75, 3.05) is 64.9 Å². The zero-order valence-corrected chi connectivity index (χ0v) is 80.7. The minimum absolute atomic E-state index is 0.106. The van der Waals surface area contributed by atoms with E-state index in [1.54, 1.807) is 110 Å². The molecule has 24 atom stereocenters. The van der Waals surface area contributed by atoms with Crippen molar-refractivity contribution in [2.45, 2.75) is 204 Å². The molecule has 6 aromatic heterocycles. The maximum Gasteiger partial charge on any atom is 0.335 e. The number of aliphatic hydroxyl groups excluding tert-OH is 16. The van der Waals surface area contributed by atoms with Gasteiger partial charge in [0.05, 0.1) is 67.4 Å². The number of hydrogen-bond acceptors (Lipinski definition) is 34. The number of benzene rings is 6. The summed E-state index contributed by atoms with van der Waals surface area (Å²) < 4.78 is 21.2. The first-order chi connectivity index (χ1) is 71.7. The van der Waals surface area contributed by atoms with Crippen LogP contribution in [0.25, 0.3) is 0 Å². The van der Waals surface area contributed by atoms with Crippen molar-refractivity contribution in [2.24, 2.45) is 0 Å². The van der Waals surface area contributed by atoms with Crippen molar-refractivity contribution >= 4 is 64.1 Å². The van der Waals surface area contributed by atoms with Crippen LogP contribution in [0.4, 0.5) is 34.5 Å². The van der Waals surface area contributed by atoms with E-state index in [0.29, 0.717) is 86.7 Å². The van der Waals surface area contributed by atoms with Gasteiger partial charge in [0.25, 0.3) is 17.7 Å². The molecule has 12 aromatic rings. The van der Waals surface area contributed by atoms with Crippen LogP contribution in [0.2, 0.25) is 0 Å². The third kappa shape index (κ3) is 31.9. The molecule has 2 aliphatic rings. The first-order valence-electron chi connectivity index (χ1n) is 48.6. The second-order valence-electron chi connectivity index (χ2n) is 35.4. The fourth-order valence-corrected chi connectivity index (χ4v) is 17.4. The fraction of sp³-hybridized carbons (Fsp3) is 0.349. The summed E-state index contributed by atoms with van der Waals surface area (Å²) in [5.41, 5.74) is 7.30. The first kappa shape index (κ1) is 113. The Balaban J connectivity index is 0.000000199. The number of amides is 4. The third-order valence-electron chi connectivity index (χ3n) is 25.1. The van der Waals surface area contributed by atoms with Gasteiger partial charge in [-0.3, -0.25) is 34.1 Å². The number of carbonyl (C=O) groups excluding carboxylic acids is 4. The van der Waals surface area contributed by atoms with Gasteiger partial charge in [-0.05, 0) is 137 Å². The van der Waals surface area contributed by atoms with Gasteiger partial charge < -0.3 is 143 Å². The summed E-state index contributed by atoms with van der Waals surface area (Å²) in [6.45, 7) is -2.52. The van der Waals surface area contributed by atoms with Gasteiger partial charge in [0.15, 0.2) is 24.8 Å². The van der Waals surface area contributed by atoms with Crippen LogP contribution in [-0.2, 0) is 42.9 Å². The average Bonchev–Trinajstić information content (AvgIpc) is 0.790. The predicted molar refractivity (Wildman–Crippen MR) is 544 cm³/mol. The van der Waals surface area contributed by atoms with Crippen molar-refractivity contribution in [1.82, 2.24) is 35.2 Å². The number of ether oxygens (including phenoxy) is 4. The number of unbranched alkanes of at least 4 members (excludes halogenated alkanes) is 7. The number of hydrogen-bond donors (Lipinski definition) is 24. The molecule has 0 bridgehead atoms. The Hall–Kier alpha value is -13.8. The van der Waals surface area contributed by atoms with E-state index in [-0.39, 0.29) is 12.5 Å². The largest absolute Gasteiger partial charge is 0.479 e. The molecule has 1 unspecified atom stereocenters. The van der Waals surface area contributed by atoms with Crippen LogP contribution in [-0.4, -0.2) is 271 Å². The molecule has 2 saturated heterocycles. The van der Waals surface area contributed by atoms with Crippen LogP contribution in [0, 0.1) is 0 Å². The first-order valence-corrected chi connectivity index (χ1v) is 48.6. The predicted octanol–water partition coefficient (Wildman–Crippen LogP) is 7.41. The van der Waals surface area contributed by atoms with Gasteiger partial charge in [-0.2, -0.15) is 0 Å². The smallest absolute Gasteiger partial charge is 0.335 e. The summed E-state index contributed by atoms with van der Waals surface area (Å²) in [6.07, 6.45) is -12.2. The molecule has 2 aliphatic heterocycles. The number of carbonyl (C=O) groups is 5. The molecule has 0 radical (unpaired) electrons. The number of anilines is 6. The van der Waals surface area contributed by atoms with E-state index < -0.39 is 196 Å². The number of aliphatic carboxylic acids is 1. The summed E-state index contributed by atoms with van der Waals surface area (Å²) >= 11 is 0. The summed E-state index contributed by atoms with van der Waals surface area (Å²) in [5, 5.41) is 194. The van der Waals surface area contributed by atoms with Gasteiger partial charge >= 0.3 is 5.97 Å². The molecule has 0 spiro atoms. The molecular formula is C109H127N13O26. The topological polar surface area (TPSA) is 628 Å². The van der Waals surface area contributed by atoms with Gasteiger partial charge in [0.2, 0.25) is 5.91 Å². The maximum atomic E-state index is 13.3. The van der Waals surface area contributed by atoms with Crippen molar-refractivity contribution in [3.63, 3.8) is 0 Å². The minimum Gasteiger partial charge on any atom is -0.479 e. The van der Waals surface area contributed by atoms with Crippen LogP contribution in [0.15, 0.2) is 310 Å². The quantitative estimate of drug-likeness (QED) is 0.0165. The number of aromatic nitrogens is 6.